The predicted molar refractivity (Wildman–Crippen MR) is 242 cm³/mol. The number of unbranched alkanes of at least 4 members (excludes halogenated alkanes) is 6. The second-order valence-corrected chi connectivity index (χ2v) is 26.3. The fraction of sp³-hybridized carbons (Fsp3) is 0.269. The zero-order valence-corrected chi connectivity index (χ0v) is 41.1. The van der Waals surface area contributed by atoms with E-state index >= 15 is 70.2 Å². The van der Waals surface area contributed by atoms with Crippen molar-refractivity contribution in [3.8, 4) is 0 Å². The zero-order chi connectivity index (χ0) is 55.9. The lowest BCUT2D eigenvalue weighted by atomic mass is 10.1. The molecule has 0 nitrogen and oxygen atoms in total. The molecule has 24 heteroatoms. The molecule has 76 heavy (non-hydrogen) atoms. The first-order valence-electron chi connectivity index (χ1n) is 23.2. The van der Waals surface area contributed by atoms with Gasteiger partial charge < -0.3 is 0 Å². The second-order valence-electron chi connectivity index (χ2n) is 18.8. The molecule has 5 aromatic carbocycles. The minimum atomic E-state index is -7.79. The molecule has 0 aliphatic heterocycles. The molecule has 4 aliphatic rings. The summed E-state index contributed by atoms with van der Waals surface area (Å²) in [6, 6.07) is 3.16. The maximum Gasteiger partial charge on any atom is 0.206 e. The van der Waals surface area contributed by atoms with Crippen LogP contribution >= 0.6 is 7.92 Å². The van der Waals surface area contributed by atoms with Crippen molar-refractivity contribution in [3.05, 3.63) is 192 Å². The molecule has 0 saturated carbocycles. The van der Waals surface area contributed by atoms with Crippen molar-refractivity contribution >= 4 is 49.6 Å². The number of hydrogen-bond donors (Lipinski definition) is 0. The van der Waals surface area contributed by atoms with E-state index < -0.39 is 213 Å². The van der Waals surface area contributed by atoms with Crippen molar-refractivity contribution in [1.29, 1.82) is 0 Å². The summed E-state index contributed by atoms with van der Waals surface area (Å²) in [7, 11) is -0.932. The van der Waals surface area contributed by atoms with E-state index in [0.29, 0.717) is 5.30 Å². The molecule has 5 unspecified atom stereocenters. The fourth-order valence-electron chi connectivity index (χ4n) is 11.6. The molecule has 0 aromatic heterocycles. The molecule has 0 heterocycles. The Labute approximate surface area is 420 Å². The van der Waals surface area contributed by atoms with Crippen LogP contribution in [-0.4, -0.2) is 25.9 Å². The predicted octanol–water partition coefficient (Wildman–Crippen LogP) is 18.1. The highest BCUT2D eigenvalue weighted by molar-refractivity contribution is 7.64. The van der Waals surface area contributed by atoms with Crippen LogP contribution < -0.4 is 5.30 Å². The molecule has 0 spiro atoms. The Hall–Kier alpha value is -5.52. The molecule has 0 amide bonds. The number of benzene rings is 5. The number of halogens is 22. The van der Waals surface area contributed by atoms with Crippen LogP contribution in [0.1, 0.15) is 115 Å². The molecular formula is C52H34AlF22P. The van der Waals surface area contributed by atoms with Crippen LogP contribution in [0.3, 0.4) is 0 Å². The Balaban J connectivity index is 0.000000341. The first-order chi connectivity index (χ1) is 35.8. The van der Waals surface area contributed by atoms with Gasteiger partial charge in [-0.15, -0.1) is 0 Å². The lowest BCUT2D eigenvalue weighted by Gasteiger charge is -2.54. The van der Waals surface area contributed by atoms with Crippen LogP contribution in [0.4, 0.5) is 96.6 Å². The molecule has 0 fully saturated rings. The van der Waals surface area contributed by atoms with Crippen molar-refractivity contribution in [1.82, 2.24) is 0 Å². The Morgan fingerprint density at radius 3 is 0.947 bits per heavy atom. The molecule has 4 aliphatic carbocycles. The van der Waals surface area contributed by atoms with Crippen LogP contribution in [0.2, 0.25) is 0 Å². The lowest BCUT2D eigenvalue weighted by molar-refractivity contribution is 0.441. The van der Waals surface area contributed by atoms with E-state index in [4.69, 9.17) is 0 Å². The first kappa shape index (κ1) is 56.7. The van der Waals surface area contributed by atoms with Gasteiger partial charge >= 0.3 is 0 Å². The highest BCUT2D eigenvalue weighted by atomic mass is 31.1. The number of rotatable bonds is 13. The number of hydrogen-bond acceptors (Lipinski definition) is 0. The van der Waals surface area contributed by atoms with Crippen molar-refractivity contribution in [2.45, 2.75) is 71.0 Å². The van der Waals surface area contributed by atoms with Gasteiger partial charge in [-0.3, -0.25) is 0 Å². The molecule has 9 rings (SSSR count). The van der Waals surface area contributed by atoms with Crippen LogP contribution in [-0.2, 0) is 0 Å². The third-order valence-electron chi connectivity index (χ3n) is 14.8. The van der Waals surface area contributed by atoms with Crippen LogP contribution in [0.15, 0.2) is 65.8 Å². The highest BCUT2D eigenvalue weighted by Gasteiger charge is 2.68. The summed E-state index contributed by atoms with van der Waals surface area (Å²) in [5, 5.41) is 0.621. The number of allylic oxidation sites excluding steroid dienone is 4. The summed E-state index contributed by atoms with van der Waals surface area (Å²) in [5.74, 6) is -54.0. The molecule has 0 N–H and O–H groups in total. The first-order valence-corrected chi connectivity index (χ1v) is 28.0. The molecule has 5 aromatic rings. The summed E-state index contributed by atoms with van der Waals surface area (Å²) in [5.41, 5.74) is -15.2. The van der Waals surface area contributed by atoms with E-state index in [1.807, 2.05) is 0 Å². The van der Waals surface area contributed by atoms with Crippen LogP contribution in [0, 0.1) is 81.4 Å². The lowest BCUT2D eigenvalue weighted by Crippen LogP contribution is -2.58. The minimum absolute atomic E-state index is 0.349. The van der Waals surface area contributed by atoms with Crippen LogP contribution in [0.25, 0.3) is 23.3 Å². The summed E-state index contributed by atoms with van der Waals surface area (Å²) < 4.78 is 324. The zero-order valence-electron chi connectivity index (χ0n) is 38.9. The second kappa shape index (κ2) is 21.4. The van der Waals surface area contributed by atoms with Gasteiger partial charge in [0.1, 0.15) is 28.6 Å². The maximum atomic E-state index is 17.0. The van der Waals surface area contributed by atoms with Crippen molar-refractivity contribution < 1.29 is 96.6 Å². The topological polar surface area (TPSA) is 0 Å². The third kappa shape index (κ3) is 8.69. The summed E-state index contributed by atoms with van der Waals surface area (Å²) in [4.78, 5) is 0. The van der Waals surface area contributed by atoms with Gasteiger partial charge in [-0.05, 0) is 49.2 Å². The Morgan fingerprint density at radius 1 is 0.355 bits per heavy atom. The van der Waals surface area contributed by atoms with Crippen molar-refractivity contribution in [2.24, 2.45) is 0 Å². The van der Waals surface area contributed by atoms with Gasteiger partial charge in [-0.1, -0.05) is 86.5 Å². The maximum absolute atomic E-state index is 17.0. The monoisotopic (exact) mass is 1130 g/mol. The van der Waals surface area contributed by atoms with Gasteiger partial charge in [0.05, 0.1) is 35.1 Å². The number of fused-ring (bicyclic) bond motifs is 4. The van der Waals surface area contributed by atoms with Crippen LogP contribution in [0.5, 0.6) is 0 Å². The normalized spacial score (nSPS) is 19.8. The van der Waals surface area contributed by atoms with E-state index in [0.717, 1.165) is 12.6 Å². The Kier molecular flexibility index (Phi) is 15.9. The molecular weight excluding hydrogens is 1100 g/mol. The van der Waals surface area contributed by atoms with E-state index in [1.54, 1.807) is 12.1 Å². The average Bonchev–Trinajstić information content (AvgIpc) is 3.98. The molecule has 0 bridgehead atoms. The minimum Gasteiger partial charge on any atom is -0.212 e. The van der Waals surface area contributed by atoms with Crippen molar-refractivity contribution in [3.63, 3.8) is 0 Å². The molecule has 0 saturated heterocycles. The summed E-state index contributed by atoms with van der Waals surface area (Å²) in [6.45, 7) is 4.30. The van der Waals surface area contributed by atoms with Gasteiger partial charge in [0, 0.05) is 7.92 Å². The fourth-order valence-corrected chi connectivity index (χ4v) is 22.0. The van der Waals surface area contributed by atoms with Gasteiger partial charge in [-0.2, -0.15) is 4.39 Å². The smallest absolute Gasteiger partial charge is 0.206 e. The van der Waals surface area contributed by atoms with E-state index in [9.17, 15) is 26.3 Å². The van der Waals surface area contributed by atoms with Gasteiger partial charge in [0.2, 0.25) is 13.1 Å². The standard InChI is InChI=1S/C16H25F2P.4C9H2F5.Al/c1-3-4-5-6-7-8-9-13-19(2)15-12-10-11-14(17)16(15)18;4*10-4-1-3-2-5(11)8(13)9(14)6(3)7(4)12;/h10-12H,3-9,13H2,1-2H3;4*1-2H;/q;;;;;-1/p+1. The quantitative estimate of drug-likeness (QED) is 0.0362. The third-order valence-corrected chi connectivity index (χ3v) is 24.4. The Bertz CT molecular complexity index is 3010. The summed E-state index contributed by atoms with van der Waals surface area (Å²) in [6.07, 6.45) is 9.94. The molecule has 404 valence electrons. The molecule has 5 atom stereocenters. The average molecular weight is 1130 g/mol. The van der Waals surface area contributed by atoms with Gasteiger partial charge in [0.25, 0.3) is 0 Å². The SMILES string of the molecule is CCCCCCCCC[PH+](C)c1cccc(F)c1F.FC1=C(F)[CH]([Al-]([CH]2C(F)=C(F)c3c2cc(F)c(F)c3F)([CH]2C(F)=C(F)c3c2cc(F)c(F)c3F)[CH]2C(F)=C(F)c3c2cc(F)c(F)c3F)c2cc(F)c(F)c(F)c21. The largest absolute Gasteiger partial charge is 0.212 e. The van der Waals surface area contributed by atoms with E-state index in [1.165, 1.54) is 44.6 Å². The molecule has 0 radical (unpaired) electrons. The van der Waals surface area contributed by atoms with E-state index in [2.05, 4.69) is 13.6 Å². The van der Waals surface area contributed by atoms with E-state index in [-0.39, 0.29) is 24.3 Å². The van der Waals surface area contributed by atoms with Gasteiger partial charge in [-0.25, -0.2) is 92.2 Å². The Morgan fingerprint density at radius 2 is 0.645 bits per heavy atom. The van der Waals surface area contributed by atoms with Crippen molar-refractivity contribution in [2.75, 3.05) is 12.8 Å². The summed E-state index contributed by atoms with van der Waals surface area (Å²) >= 11 is -7.79. The van der Waals surface area contributed by atoms with Gasteiger partial charge in [0.15, 0.2) is 105 Å². The highest BCUT2D eigenvalue weighted by Crippen LogP contribution is 2.71.